The van der Waals surface area contributed by atoms with Crippen molar-refractivity contribution in [1.82, 2.24) is 9.55 Å². The Morgan fingerprint density at radius 2 is 1.84 bits per heavy atom. The minimum absolute atomic E-state index is 0.0186. The molecular formula is C25H25FN2O3. The van der Waals surface area contributed by atoms with Gasteiger partial charge in [0.2, 0.25) is 0 Å². The number of hydrogen-bond donors (Lipinski definition) is 0. The number of ether oxygens (including phenoxy) is 1. The molecule has 0 bridgehead atoms. The smallest absolute Gasteiger partial charge is 0.313 e. The Morgan fingerprint density at radius 3 is 2.61 bits per heavy atom. The van der Waals surface area contributed by atoms with Gasteiger partial charge in [-0.25, -0.2) is 9.37 Å². The molecular weight excluding hydrogens is 395 g/mol. The second kappa shape index (κ2) is 7.01. The van der Waals surface area contributed by atoms with E-state index in [4.69, 9.17) is 9.72 Å². The minimum Gasteiger partial charge on any atom is -0.460 e. The van der Waals surface area contributed by atoms with Crippen LogP contribution in [0.5, 0.6) is 0 Å². The SMILES string of the molecule is CC.Cc1c(F)cc2nc3c(c4c2c1CCC4)Cn1c-3cc2c(c1=O)COC(=O)C2C. The third-order valence-corrected chi connectivity index (χ3v) is 6.84. The fourth-order valence-electron chi connectivity index (χ4n) is 5.25. The number of carbonyl (C=O) groups excluding carboxylic acids is 1. The molecule has 5 nitrogen and oxygen atoms in total. The molecule has 6 heteroatoms. The number of fused-ring (bicyclic) bond motifs is 5. The number of aryl methyl sites for hydroxylation is 2. The Hall–Kier alpha value is -3.02. The summed E-state index contributed by atoms with van der Waals surface area (Å²) in [6, 6.07) is 3.43. The van der Waals surface area contributed by atoms with Crippen LogP contribution in [-0.4, -0.2) is 15.5 Å². The van der Waals surface area contributed by atoms with E-state index in [9.17, 15) is 14.0 Å². The Labute approximate surface area is 179 Å². The van der Waals surface area contributed by atoms with Crippen molar-refractivity contribution in [3.05, 3.63) is 61.7 Å². The molecule has 1 aliphatic carbocycles. The van der Waals surface area contributed by atoms with Gasteiger partial charge in [-0.1, -0.05) is 13.8 Å². The van der Waals surface area contributed by atoms with Crippen LogP contribution in [0.1, 0.15) is 66.5 Å². The molecule has 4 heterocycles. The lowest BCUT2D eigenvalue weighted by Gasteiger charge is -2.22. The van der Waals surface area contributed by atoms with E-state index in [1.54, 1.807) is 11.5 Å². The van der Waals surface area contributed by atoms with Crippen LogP contribution >= 0.6 is 0 Å². The van der Waals surface area contributed by atoms with Crippen molar-refractivity contribution in [3.63, 3.8) is 0 Å². The summed E-state index contributed by atoms with van der Waals surface area (Å²) in [5.74, 6) is -1.03. The molecule has 2 aromatic heterocycles. The van der Waals surface area contributed by atoms with E-state index < -0.39 is 5.92 Å². The molecule has 1 atom stereocenters. The van der Waals surface area contributed by atoms with Gasteiger partial charge >= 0.3 is 5.97 Å². The van der Waals surface area contributed by atoms with E-state index in [1.165, 1.54) is 11.6 Å². The highest BCUT2D eigenvalue weighted by molar-refractivity contribution is 5.92. The van der Waals surface area contributed by atoms with Crippen molar-refractivity contribution in [1.29, 1.82) is 0 Å². The molecule has 0 N–H and O–H groups in total. The van der Waals surface area contributed by atoms with Crippen molar-refractivity contribution >= 4 is 16.9 Å². The Balaban J connectivity index is 0.000000994. The van der Waals surface area contributed by atoms with Crippen molar-refractivity contribution in [2.24, 2.45) is 0 Å². The third-order valence-electron chi connectivity index (χ3n) is 6.84. The summed E-state index contributed by atoms with van der Waals surface area (Å²) in [5.41, 5.74) is 7.27. The largest absolute Gasteiger partial charge is 0.460 e. The van der Waals surface area contributed by atoms with Crippen LogP contribution in [0.4, 0.5) is 4.39 Å². The Morgan fingerprint density at radius 1 is 1.10 bits per heavy atom. The number of nitrogens with zero attached hydrogens (tertiary/aromatic N) is 2. The number of benzene rings is 1. The summed E-state index contributed by atoms with van der Waals surface area (Å²) < 4.78 is 21.5. The lowest BCUT2D eigenvalue weighted by Crippen LogP contribution is -2.31. The summed E-state index contributed by atoms with van der Waals surface area (Å²) in [6.07, 6.45) is 2.72. The Kier molecular flexibility index (Phi) is 4.50. The fraction of sp³-hybridized carbons (Fsp3) is 0.400. The molecule has 0 radical (unpaired) electrons. The van der Waals surface area contributed by atoms with Crippen molar-refractivity contribution in [2.75, 3.05) is 0 Å². The molecule has 0 saturated carbocycles. The summed E-state index contributed by atoms with van der Waals surface area (Å²) in [7, 11) is 0. The van der Waals surface area contributed by atoms with E-state index in [0.29, 0.717) is 23.2 Å². The maximum Gasteiger partial charge on any atom is 0.313 e. The maximum atomic E-state index is 14.5. The molecule has 1 unspecified atom stereocenters. The molecule has 31 heavy (non-hydrogen) atoms. The zero-order valence-corrected chi connectivity index (χ0v) is 18.3. The van der Waals surface area contributed by atoms with Gasteiger partial charge in [-0.05, 0) is 61.4 Å². The average molecular weight is 420 g/mol. The molecule has 1 aromatic carbocycles. The number of aromatic nitrogens is 2. The summed E-state index contributed by atoms with van der Waals surface area (Å²) in [5, 5.41) is 1.06. The molecule has 3 aromatic rings. The van der Waals surface area contributed by atoms with Gasteiger partial charge in [0.15, 0.2) is 0 Å². The standard InChI is InChI=1S/C23H19FN2O3.C2H6/c1-10-12-4-3-5-13-15-8-26-19(21(15)25-18(20(12)13)7-17(10)24)6-14-11(2)23(28)29-9-16(14)22(26)27;1-2/h6-7,11H,3-5,8-9H2,1-2H3;1-2H3. The van der Waals surface area contributed by atoms with Crippen LogP contribution in [0, 0.1) is 12.7 Å². The van der Waals surface area contributed by atoms with Crippen LogP contribution in [0.2, 0.25) is 0 Å². The van der Waals surface area contributed by atoms with Gasteiger partial charge in [-0.3, -0.25) is 9.59 Å². The quantitative estimate of drug-likeness (QED) is 0.392. The zero-order valence-electron chi connectivity index (χ0n) is 18.3. The van der Waals surface area contributed by atoms with Crippen LogP contribution in [0.3, 0.4) is 0 Å². The average Bonchev–Trinajstić information content (AvgIpc) is 3.15. The van der Waals surface area contributed by atoms with Gasteiger partial charge in [0, 0.05) is 17.0 Å². The number of cyclic esters (lactones) is 1. The molecule has 0 saturated heterocycles. The molecule has 0 fully saturated rings. The fourth-order valence-corrected chi connectivity index (χ4v) is 5.25. The molecule has 6 rings (SSSR count). The molecule has 2 aliphatic heterocycles. The maximum absolute atomic E-state index is 14.5. The lowest BCUT2D eigenvalue weighted by atomic mass is 9.85. The van der Waals surface area contributed by atoms with E-state index >= 15 is 0 Å². The van der Waals surface area contributed by atoms with Crippen LogP contribution in [-0.2, 0) is 35.5 Å². The van der Waals surface area contributed by atoms with Crippen LogP contribution in [0.25, 0.3) is 22.3 Å². The monoisotopic (exact) mass is 420 g/mol. The lowest BCUT2D eigenvalue weighted by molar-refractivity contribution is -0.147. The first-order chi connectivity index (χ1) is 15.0. The number of halogens is 1. The normalized spacial score (nSPS) is 18.0. The highest BCUT2D eigenvalue weighted by atomic mass is 19.1. The van der Waals surface area contributed by atoms with E-state index in [1.807, 2.05) is 26.8 Å². The number of pyridine rings is 2. The second-order valence-electron chi connectivity index (χ2n) is 8.31. The number of esters is 1. The Bertz CT molecular complexity index is 1340. The molecule has 0 amide bonds. The molecule has 160 valence electrons. The first kappa shape index (κ1) is 19.9. The van der Waals surface area contributed by atoms with Crippen molar-refractivity contribution < 1.29 is 13.9 Å². The van der Waals surface area contributed by atoms with Crippen molar-refractivity contribution in [3.8, 4) is 11.4 Å². The first-order valence-electron chi connectivity index (χ1n) is 11.0. The summed E-state index contributed by atoms with van der Waals surface area (Å²) in [4.78, 5) is 30.0. The highest BCUT2D eigenvalue weighted by Gasteiger charge is 2.34. The van der Waals surface area contributed by atoms with Gasteiger partial charge in [-0.15, -0.1) is 0 Å². The third kappa shape index (κ3) is 2.63. The van der Waals surface area contributed by atoms with E-state index in [0.717, 1.165) is 52.7 Å². The summed E-state index contributed by atoms with van der Waals surface area (Å²) in [6.45, 7) is 8.07. The minimum atomic E-state index is -0.480. The van der Waals surface area contributed by atoms with E-state index in [2.05, 4.69) is 0 Å². The van der Waals surface area contributed by atoms with Crippen molar-refractivity contribution in [2.45, 2.75) is 66.0 Å². The molecule has 3 aliphatic rings. The van der Waals surface area contributed by atoms with Crippen LogP contribution in [0.15, 0.2) is 16.9 Å². The van der Waals surface area contributed by atoms with Gasteiger partial charge in [0.25, 0.3) is 5.56 Å². The topological polar surface area (TPSA) is 61.2 Å². The zero-order chi connectivity index (χ0) is 22.0. The predicted octanol–water partition coefficient (Wildman–Crippen LogP) is 4.55. The van der Waals surface area contributed by atoms with Gasteiger partial charge < -0.3 is 9.30 Å². The number of hydrogen-bond acceptors (Lipinski definition) is 4. The second-order valence-corrected chi connectivity index (χ2v) is 8.31. The van der Waals surface area contributed by atoms with Gasteiger partial charge in [-0.2, -0.15) is 0 Å². The highest BCUT2D eigenvalue weighted by Crippen LogP contribution is 2.42. The van der Waals surface area contributed by atoms with E-state index in [-0.39, 0.29) is 24.0 Å². The van der Waals surface area contributed by atoms with Crippen LogP contribution < -0.4 is 5.56 Å². The van der Waals surface area contributed by atoms with Gasteiger partial charge in [0.1, 0.15) is 12.4 Å². The molecule has 0 spiro atoms. The first-order valence-corrected chi connectivity index (χ1v) is 11.0. The number of carbonyl (C=O) groups is 1. The predicted molar refractivity (Wildman–Crippen MR) is 117 cm³/mol. The van der Waals surface area contributed by atoms with Gasteiger partial charge in [0.05, 0.1) is 34.9 Å². The number of rotatable bonds is 0. The summed E-state index contributed by atoms with van der Waals surface area (Å²) >= 11 is 0.